The van der Waals surface area contributed by atoms with Crippen LogP contribution < -0.4 is 16.4 Å². The number of nitrogens with two attached hydrogens (primary N) is 1. The highest BCUT2D eigenvalue weighted by atomic mass is 16.6. The molecule has 3 unspecified atom stereocenters. The molecule has 2 aromatic rings. The van der Waals surface area contributed by atoms with Crippen molar-refractivity contribution in [2.24, 2.45) is 5.73 Å². The summed E-state index contributed by atoms with van der Waals surface area (Å²) in [4.78, 5) is 69.5. The van der Waals surface area contributed by atoms with Crippen molar-refractivity contribution in [3.8, 4) is 0 Å². The minimum absolute atomic E-state index is 0.102. The van der Waals surface area contributed by atoms with Crippen LogP contribution in [0.15, 0.2) is 48.5 Å². The first-order valence-electron chi connectivity index (χ1n) is 18.0. The molecule has 2 aromatic carbocycles. The van der Waals surface area contributed by atoms with Gasteiger partial charge in [-0.2, -0.15) is 0 Å². The Labute approximate surface area is 304 Å². The van der Waals surface area contributed by atoms with E-state index in [4.69, 9.17) is 15.2 Å². The van der Waals surface area contributed by atoms with Crippen LogP contribution in [0.25, 0.3) is 0 Å². The number of rotatable bonds is 18. The van der Waals surface area contributed by atoms with E-state index < -0.39 is 59.1 Å². The Balaban J connectivity index is 2.71. The third kappa shape index (κ3) is 15.2. The van der Waals surface area contributed by atoms with Crippen LogP contribution in [0.4, 0.5) is 4.79 Å². The zero-order valence-corrected chi connectivity index (χ0v) is 32.1. The maximum absolute atomic E-state index is 14.8. The predicted octanol–water partition coefficient (Wildman–Crippen LogP) is 6.37. The molecule has 11 heteroatoms. The van der Waals surface area contributed by atoms with Crippen molar-refractivity contribution in [3.05, 3.63) is 70.8 Å². The zero-order chi connectivity index (χ0) is 38.4. The lowest BCUT2D eigenvalue weighted by atomic mass is 9.94. The van der Waals surface area contributed by atoms with Crippen LogP contribution >= 0.6 is 0 Å². The highest BCUT2D eigenvalue weighted by Gasteiger charge is 2.39. The van der Waals surface area contributed by atoms with Gasteiger partial charge in [0.25, 0.3) is 0 Å². The van der Waals surface area contributed by atoms with Crippen molar-refractivity contribution in [2.45, 2.75) is 143 Å². The van der Waals surface area contributed by atoms with E-state index in [9.17, 15) is 24.0 Å². The molecule has 4 amide bonds. The summed E-state index contributed by atoms with van der Waals surface area (Å²) in [7, 11) is 0. The van der Waals surface area contributed by atoms with Gasteiger partial charge in [-0.3, -0.25) is 14.4 Å². The number of nitrogens with zero attached hydrogens (tertiary/aromatic N) is 1. The maximum atomic E-state index is 14.8. The van der Waals surface area contributed by atoms with Crippen LogP contribution in [-0.4, -0.2) is 64.5 Å². The normalized spacial score (nSPS) is 13.4. The number of amides is 4. The third-order valence-corrected chi connectivity index (χ3v) is 8.25. The minimum atomic E-state index is -1.23. The Morgan fingerprint density at radius 1 is 0.784 bits per heavy atom. The van der Waals surface area contributed by atoms with Gasteiger partial charge in [-0.25, -0.2) is 9.59 Å². The van der Waals surface area contributed by atoms with E-state index in [0.717, 1.165) is 42.4 Å². The van der Waals surface area contributed by atoms with Gasteiger partial charge in [0, 0.05) is 19.4 Å². The maximum Gasteiger partial charge on any atom is 0.408 e. The van der Waals surface area contributed by atoms with Crippen LogP contribution in [0.5, 0.6) is 0 Å². The van der Waals surface area contributed by atoms with E-state index in [1.807, 2.05) is 56.3 Å². The molecule has 51 heavy (non-hydrogen) atoms. The number of hydrogen-bond acceptors (Lipinski definition) is 7. The SMILES string of the molecule is CCCCCCCN(C(=O)C(CCC(N)=O)NC(=O)OC(C)(C)C)C(C(=O)NC(Cc1ccccc1)C(=O)OC(C)(C)C)c1cccc(C)c1C. The van der Waals surface area contributed by atoms with Crippen molar-refractivity contribution < 1.29 is 33.4 Å². The lowest BCUT2D eigenvalue weighted by Crippen LogP contribution is -2.55. The molecule has 0 aliphatic heterocycles. The molecule has 0 aliphatic rings. The van der Waals surface area contributed by atoms with Crippen LogP contribution in [0, 0.1) is 13.8 Å². The number of benzene rings is 2. The van der Waals surface area contributed by atoms with E-state index in [0.29, 0.717) is 12.0 Å². The fraction of sp³-hybridized carbons (Fsp3) is 0.575. The number of esters is 1. The van der Waals surface area contributed by atoms with Gasteiger partial charge < -0.3 is 30.7 Å². The second kappa shape index (κ2) is 19.8. The fourth-order valence-electron chi connectivity index (χ4n) is 5.63. The van der Waals surface area contributed by atoms with Crippen LogP contribution in [-0.2, 0) is 35.1 Å². The smallest absolute Gasteiger partial charge is 0.408 e. The van der Waals surface area contributed by atoms with Crippen molar-refractivity contribution >= 4 is 29.8 Å². The second-order valence-corrected chi connectivity index (χ2v) is 15.1. The van der Waals surface area contributed by atoms with E-state index in [2.05, 4.69) is 17.6 Å². The Hall–Kier alpha value is -4.41. The summed E-state index contributed by atoms with van der Waals surface area (Å²) in [5.74, 6) is -2.41. The molecule has 4 N–H and O–H groups in total. The standard InChI is InChI=1S/C40H60N4O7/c1-10-11-12-13-17-25-44(36(47)31(23-24-33(41)45)43-38(49)51-40(7,8)9)34(30-22-18-19-27(2)28(30)3)35(46)42-32(37(48)50-39(4,5)6)26-29-20-15-14-16-21-29/h14-16,18-22,31-32,34H,10-13,17,23-26H2,1-9H3,(H2,41,45)(H,42,46)(H,43,49). The van der Waals surface area contributed by atoms with Crippen LogP contribution in [0.2, 0.25) is 0 Å². The number of ether oxygens (including phenoxy) is 2. The van der Waals surface area contributed by atoms with Crippen LogP contribution in [0.3, 0.4) is 0 Å². The van der Waals surface area contributed by atoms with Gasteiger partial charge >= 0.3 is 12.1 Å². The molecule has 0 fully saturated rings. The van der Waals surface area contributed by atoms with Gasteiger partial charge in [0.2, 0.25) is 17.7 Å². The van der Waals surface area contributed by atoms with E-state index >= 15 is 0 Å². The Morgan fingerprint density at radius 3 is 2.00 bits per heavy atom. The molecule has 2 rings (SSSR count). The van der Waals surface area contributed by atoms with Crippen molar-refractivity contribution in [1.29, 1.82) is 0 Å². The summed E-state index contributed by atoms with van der Waals surface area (Å²) < 4.78 is 11.2. The number of primary amides is 1. The number of unbranched alkanes of at least 4 members (excludes halogenated alkanes) is 4. The van der Waals surface area contributed by atoms with Crippen LogP contribution in [0.1, 0.15) is 122 Å². The van der Waals surface area contributed by atoms with E-state index in [1.54, 1.807) is 47.6 Å². The predicted molar refractivity (Wildman–Crippen MR) is 199 cm³/mol. The Morgan fingerprint density at radius 2 is 1.41 bits per heavy atom. The number of aryl methyl sites for hydroxylation is 1. The first-order chi connectivity index (χ1) is 23.8. The average Bonchev–Trinajstić information content (AvgIpc) is 3.02. The first-order valence-corrected chi connectivity index (χ1v) is 18.0. The summed E-state index contributed by atoms with van der Waals surface area (Å²) in [6.45, 7) is 16.5. The van der Waals surface area contributed by atoms with Crippen molar-refractivity contribution in [1.82, 2.24) is 15.5 Å². The Bertz CT molecular complexity index is 1460. The third-order valence-electron chi connectivity index (χ3n) is 8.25. The molecule has 282 valence electrons. The Kier molecular flexibility index (Phi) is 16.6. The molecular weight excluding hydrogens is 648 g/mol. The van der Waals surface area contributed by atoms with Gasteiger partial charge in [-0.1, -0.05) is 81.1 Å². The summed E-state index contributed by atoms with van der Waals surface area (Å²) in [5.41, 5.74) is 6.91. The second-order valence-electron chi connectivity index (χ2n) is 15.1. The summed E-state index contributed by atoms with van der Waals surface area (Å²) >= 11 is 0. The van der Waals surface area contributed by atoms with Crippen molar-refractivity contribution in [2.75, 3.05) is 6.54 Å². The lowest BCUT2D eigenvalue weighted by molar-refractivity contribution is -0.159. The molecule has 0 bridgehead atoms. The molecule has 0 radical (unpaired) electrons. The highest BCUT2D eigenvalue weighted by Crippen LogP contribution is 2.29. The number of nitrogens with one attached hydrogen (secondary N) is 2. The van der Waals surface area contributed by atoms with Gasteiger partial charge in [0.1, 0.15) is 29.3 Å². The number of alkyl carbamates (subject to hydrolysis) is 1. The fourth-order valence-corrected chi connectivity index (χ4v) is 5.63. The number of carbonyl (C=O) groups is 5. The molecule has 0 spiro atoms. The number of carbonyl (C=O) groups excluding carboxylic acids is 5. The van der Waals surface area contributed by atoms with Gasteiger partial charge in [0.15, 0.2) is 0 Å². The van der Waals surface area contributed by atoms with Gasteiger partial charge in [-0.05, 0) is 90.5 Å². The first kappa shape index (κ1) is 42.8. The van der Waals surface area contributed by atoms with Gasteiger partial charge in [0.05, 0.1) is 0 Å². The quantitative estimate of drug-likeness (QED) is 0.120. The minimum Gasteiger partial charge on any atom is -0.458 e. The molecule has 3 atom stereocenters. The zero-order valence-electron chi connectivity index (χ0n) is 32.1. The van der Waals surface area contributed by atoms with E-state index in [-0.39, 0.29) is 25.8 Å². The lowest BCUT2D eigenvalue weighted by Gasteiger charge is -2.36. The summed E-state index contributed by atoms with van der Waals surface area (Å²) in [6, 6.07) is 11.3. The topological polar surface area (TPSA) is 157 Å². The summed E-state index contributed by atoms with van der Waals surface area (Å²) in [5, 5.41) is 5.59. The molecule has 0 saturated heterocycles. The van der Waals surface area contributed by atoms with Crippen molar-refractivity contribution in [3.63, 3.8) is 0 Å². The molecule has 0 aromatic heterocycles. The van der Waals surface area contributed by atoms with Gasteiger partial charge in [-0.15, -0.1) is 0 Å². The van der Waals surface area contributed by atoms with E-state index in [1.165, 1.54) is 4.90 Å². The summed E-state index contributed by atoms with van der Waals surface area (Å²) in [6.07, 6.45) is 3.41. The largest absolute Gasteiger partial charge is 0.458 e. The highest BCUT2D eigenvalue weighted by molar-refractivity contribution is 5.94. The average molecular weight is 709 g/mol. The molecular formula is C40H60N4O7. The number of hydrogen-bond donors (Lipinski definition) is 3. The molecule has 0 aliphatic carbocycles. The monoisotopic (exact) mass is 708 g/mol. The molecule has 0 saturated carbocycles. The molecule has 11 nitrogen and oxygen atoms in total. The molecule has 0 heterocycles.